The van der Waals surface area contributed by atoms with Crippen LogP contribution in [0.5, 0.6) is 0 Å². The lowest BCUT2D eigenvalue weighted by Gasteiger charge is -2.12. The first kappa shape index (κ1) is 16.2. The van der Waals surface area contributed by atoms with Gasteiger partial charge >= 0.3 is 0 Å². The topological polar surface area (TPSA) is 68.0 Å². The summed E-state index contributed by atoms with van der Waals surface area (Å²) in [5, 5.41) is 3.47. The minimum atomic E-state index is -0.273. The van der Waals surface area contributed by atoms with Gasteiger partial charge in [0.1, 0.15) is 5.76 Å². The molecule has 0 aliphatic rings. The average Bonchev–Trinajstić information content (AvgIpc) is 3.06. The van der Waals surface area contributed by atoms with Crippen LogP contribution in [-0.4, -0.2) is 21.9 Å². The van der Waals surface area contributed by atoms with Gasteiger partial charge in [-0.15, -0.1) is 0 Å². The molecule has 2 heterocycles. The van der Waals surface area contributed by atoms with Gasteiger partial charge in [-0.1, -0.05) is 23.7 Å². The third kappa shape index (κ3) is 3.81. The van der Waals surface area contributed by atoms with Crippen LogP contribution in [-0.2, 0) is 6.42 Å². The van der Waals surface area contributed by atoms with Crippen LogP contribution in [0.1, 0.15) is 23.2 Å². The minimum absolute atomic E-state index is 0.0944. The van der Waals surface area contributed by atoms with Crippen LogP contribution in [0.25, 0.3) is 11.3 Å². The number of aromatic nitrogens is 2. The largest absolute Gasteiger partial charge is 0.451 e. The van der Waals surface area contributed by atoms with E-state index < -0.39 is 0 Å². The normalized spacial score (nSPS) is 11.9. The van der Waals surface area contributed by atoms with E-state index in [-0.39, 0.29) is 17.7 Å². The maximum Gasteiger partial charge on any atom is 0.287 e. The number of carbonyl (C=O) groups is 1. The first-order chi connectivity index (χ1) is 11.6. The van der Waals surface area contributed by atoms with Gasteiger partial charge in [-0.2, -0.15) is 0 Å². The molecule has 0 radical (unpaired) electrons. The number of halogens is 1. The van der Waals surface area contributed by atoms with Gasteiger partial charge in [0.2, 0.25) is 0 Å². The van der Waals surface area contributed by atoms with Crippen molar-refractivity contribution in [2.45, 2.75) is 19.4 Å². The summed E-state index contributed by atoms with van der Waals surface area (Å²) in [6.45, 7) is 1.91. The van der Waals surface area contributed by atoms with Crippen molar-refractivity contribution >= 4 is 17.5 Å². The molecule has 122 valence electrons. The molecule has 5 nitrogen and oxygen atoms in total. The van der Waals surface area contributed by atoms with Crippen LogP contribution in [0.3, 0.4) is 0 Å². The summed E-state index contributed by atoms with van der Waals surface area (Å²) >= 11 is 6.15. The summed E-state index contributed by atoms with van der Waals surface area (Å²) in [5.74, 6) is 0.535. The summed E-state index contributed by atoms with van der Waals surface area (Å²) in [5.41, 5.74) is 1.58. The molecule has 1 N–H and O–H groups in total. The maximum absolute atomic E-state index is 12.3. The second kappa shape index (κ2) is 7.27. The molecule has 3 rings (SSSR count). The van der Waals surface area contributed by atoms with Crippen molar-refractivity contribution in [2.24, 2.45) is 0 Å². The summed E-state index contributed by atoms with van der Waals surface area (Å²) in [4.78, 5) is 20.5. The summed E-state index contributed by atoms with van der Waals surface area (Å²) in [6, 6.07) is 10.6. The van der Waals surface area contributed by atoms with Gasteiger partial charge in [-0.05, 0) is 31.2 Å². The van der Waals surface area contributed by atoms with E-state index in [0.717, 1.165) is 11.3 Å². The fourth-order valence-corrected chi connectivity index (χ4v) is 2.59. The van der Waals surface area contributed by atoms with Gasteiger partial charge in [-0.25, -0.2) is 0 Å². The number of hydrogen-bond acceptors (Lipinski definition) is 4. The molecule has 24 heavy (non-hydrogen) atoms. The highest BCUT2D eigenvalue weighted by molar-refractivity contribution is 6.33. The summed E-state index contributed by atoms with van der Waals surface area (Å²) < 4.78 is 5.64. The van der Waals surface area contributed by atoms with E-state index in [1.165, 1.54) is 0 Å². The van der Waals surface area contributed by atoms with E-state index in [9.17, 15) is 4.79 Å². The Labute approximate surface area is 144 Å². The highest BCUT2D eigenvalue weighted by atomic mass is 35.5. The predicted molar refractivity (Wildman–Crippen MR) is 91.8 cm³/mol. The van der Waals surface area contributed by atoms with Gasteiger partial charge in [0.05, 0.1) is 10.7 Å². The van der Waals surface area contributed by atoms with E-state index in [1.807, 2.05) is 25.1 Å². The van der Waals surface area contributed by atoms with Gasteiger partial charge in [0.15, 0.2) is 5.76 Å². The van der Waals surface area contributed by atoms with E-state index in [2.05, 4.69) is 15.3 Å². The van der Waals surface area contributed by atoms with Crippen LogP contribution < -0.4 is 5.32 Å². The Hall–Kier alpha value is -2.66. The Kier molecular flexibility index (Phi) is 4.91. The van der Waals surface area contributed by atoms with Gasteiger partial charge < -0.3 is 9.73 Å². The van der Waals surface area contributed by atoms with Crippen LogP contribution in [0.15, 0.2) is 59.4 Å². The number of rotatable bonds is 5. The van der Waals surface area contributed by atoms with Crippen molar-refractivity contribution in [1.82, 2.24) is 15.3 Å². The lowest BCUT2D eigenvalue weighted by atomic mass is 10.2. The highest BCUT2D eigenvalue weighted by Gasteiger charge is 2.16. The van der Waals surface area contributed by atoms with Crippen molar-refractivity contribution in [2.75, 3.05) is 0 Å². The third-order valence-corrected chi connectivity index (χ3v) is 3.81. The van der Waals surface area contributed by atoms with Crippen molar-refractivity contribution < 1.29 is 9.21 Å². The number of nitrogens with one attached hydrogen (secondary N) is 1. The SMILES string of the molecule is CC(Cc1cnccn1)NC(=O)c1ccc(-c2ccccc2Cl)o1. The number of benzene rings is 1. The van der Waals surface area contributed by atoms with Crippen molar-refractivity contribution in [3.8, 4) is 11.3 Å². The molecule has 1 unspecified atom stereocenters. The highest BCUT2D eigenvalue weighted by Crippen LogP contribution is 2.29. The lowest BCUT2D eigenvalue weighted by Crippen LogP contribution is -2.34. The number of carbonyl (C=O) groups excluding carboxylic acids is 1. The predicted octanol–water partition coefficient (Wildman–Crippen LogP) is 3.75. The van der Waals surface area contributed by atoms with Crippen LogP contribution >= 0.6 is 11.6 Å². The molecule has 1 amide bonds. The molecule has 1 atom stereocenters. The van der Waals surface area contributed by atoms with Gasteiger partial charge in [-0.3, -0.25) is 14.8 Å². The summed E-state index contributed by atoms with van der Waals surface area (Å²) in [6.07, 6.45) is 5.53. The second-order valence-corrected chi connectivity index (χ2v) is 5.83. The Morgan fingerprint density at radius 2 is 2.08 bits per heavy atom. The first-order valence-corrected chi connectivity index (χ1v) is 7.92. The molecule has 0 aliphatic heterocycles. The van der Waals surface area contributed by atoms with Crippen LogP contribution in [0.4, 0.5) is 0 Å². The molecule has 0 aliphatic carbocycles. The Morgan fingerprint density at radius 3 is 2.83 bits per heavy atom. The zero-order chi connectivity index (χ0) is 16.9. The van der Waals surface area contributed by atoms with Crippen LogP contribution in [0.2, 0.25) is 5.02 Å². The Morgan fingerprint density at radius 1 is 1.25 bits per heavy atom. The summed E-state index contributed by atoms with van der Waals surface area (Å²) in [7, 11) is 0. The van der Waals surface area contributed by atoms with E-state index in [1.54, 1.807) is 36.8 Å². The zero-order valence-electron chi connectivity index (χ0n) is 13.1. The molecule has 1 aromatic carbocycles. The number of furan rings is 1. The molecule has 0 spiro atoms. The fourth-order valence-electron chi connectivity index (χ4n) is 2.36. The Bertz CT molecular complexity index is 833. The Balaban J connectivity index is 1.67. The van der Waals surface area contributed by atoms with E-state index in [0.29, 0.717) is 17.2 Å². The third-order valence-electron chi connectivity index (χ3n) is 3.48. The van der Waals surface area contributed by atoms with Crippen molar-refractivity contribution in [3.05, 3.63) is 71.5 Å². The number of hydrogen-bond donors (Lipinski definition) is 1. The monoisotopic (exact) mass is 341 g/mol. The number of amides is 1. The van der Waals surface area contributed by atoms with Crippen LogP contribution in [0, 0.1) is 0 Å². The molecule has 0 fully saturated rings. The molecular weight excluding hydrogens is 326 g/mol. The molecule has 6 heteroatoms. The smallest absolute Gasteiger partial charge is 0.287 e. The fraction of sp³-hybridized carbons (Fsp3) is 0.167. The standard InChI is InChI=1S/C18H16ClN3O2/c1-12(10-13-11-20-8-9-21-13)22-18(23)17-7-6-16(24-17)14-4-2-3-5-15(14)19/h2-9,11-12H,10H2,1H3,(H,22,23). The van der Waals surface area contributed by atoms with E-state index in [4.69, 9.17) is 16.0 Å². The second-order valence-electron chi connectivity index (χ2n) is 5.42. The molecule has 3 aromatic rings. The van der Waals surface area contributed by atoms with E-state index >= 15 is 0 Å². The van der Waals surface area contributed by atoms with Gasteiger partial charge in [0.25, 0.3) is 5.91 Å². The quantitative estimate of drug-likeness (QED) is 0.767. The molecule has 2 aromatic heterocycles. The van der Waals surface area contributed by atoms with Crippen molar-refractivity contribution in [3.63, 3.8) is 0 Å². The first-order valence-electron chi connectivity index (χ1n) is 7.54. The van der Waals surface area contributed by atoms with Gasteiger partial charge in [0, 0.05) is 36.6 Å². The lowest BCUT2D eigenvalue weighted by molar-refractivity contribution is 0.0913. The number of nitrogens with zero attached hydrogens (tertiary/aromatic N) is 2. The van der Waals surface area contributed by atoms with Crippen molar-refractivity contribution in [1.29, 1.82) is 0 Å². The molecular formula is C18H16ClN3O2. The molecule has 0 saturated heterocycles. The molecule has 0 saturated carbocycles. The zero-order valence-corrected chi connectivity index (χ0v) is 13.8. The maximum atomic E-state index is 12.3. The minimum Gasteiger partial charge on any atom is -0.451 e. The average molecular weight is 342 g/mol. The molecule has 0 bridgehead atoms.